The first kappa shape index (κ1) is 28.2. The average Bonchev–Trinajstić information content (AvgIpc) is 3.71. The summed E-state index contributed by atoms with van der Waals surface area (Å²) < 4.78 is 6.59. The Morgan fingerprint density at radius 2 is 1.00 bits per heavy atom. The van der Waals surface area contributed by atoms with Crippen molar-refractivity contribution in [3.05, 3.63) is 150 Å². The van der Waals surface area contributed by atoms with Gasteiger partial charge in [0.2, 0.25) is 0 Å². The van der Waals surface area contributed by atoms with E-state index in [2.05, 4.69) is 125 Å². The lowest BCUT2D eigenvalue weighted by Gasteiger charge is -2.21. The van der Waals surface area contributed by atoms with Gasteiger partial charge in [-0.3, -0.25) is 0 Å². The first-order valence-electron chi connectivity index (χ1n) is 17.0. The maximum atomic E-state index is 6.59. The summed E-state index contributed by atoms with van der Waals surface area (Å²) >= 11 is 0. The molecule has 0 unspecified atom stereocenters. The Morgan fingerprint density at radius 3 is 1.76 bits per heavy atom. The summed E-state index contributed by atoms with van der Waals surface area (Å²) in [5.41, 5.74) is 14.8. The molecule has 0 saturated heterocycles. The van der Waals surface area contributed by atoms with Crippen LogP contribution in [0.2, 0.25) is 0 Å². The maximum absolute atomic E-state index is 6.59. The van der Waals surface area contributed by atoms with Crippen molar-refractivity contribution in [2.45, 2.75) is 38.5 Å². The molecule has 0 atom stereocenters. The molecule has 0 radical (unpaired) electrons. The second-order valence-electron chi connectivity index (χ2n) is 14.4. The molecular formula is C45H33N3O. The third-order valence-electron chi connectivity index (χ3n) is 10.9. The highest BCUT2D eigenvalue weighted by Crippen LogP contribution is 2.53. The van der Waals surface area contributed by atoms with E-state index in [1.54, 1.807) is 0 Å². The minimum atomic E-state index is -0.123. The van der Waals surface area contributed by atoms with Crippen LogP contribution in [0.15, 0.2) is 132 Å². The fourth-order valence-corrected chi connectivity index (χ4v) is 8.39. The lowest BCUT2D eigenvalue weighted by atomic mass is 9.82. The van der Waals surface area contributed by atoms with E-state index >= 15 is 0 Å². The molecular weight excluding hydrogens is 599 g/mol. The van der Waals surface area contributed by atoms with Crippen molar-refractivity contribution in [2.75, 3.05) is 0 Å². The Morgan fingerprint density at radius 1 is 0.429 bits per heavy atom. The van der Waals surface area contributed by atoms with Gasteiger partial charge in [0.1, 0.15) is 11.2 Å². The third kappa shape index (κ3) is 3.95. The zero-order valence-electron chi connectivity index (χ0n) is 27.9. The van der Waals surface area contributed by atoms with Crippen LogP contribution in [0.5, 0.6) is 0 Å². The Balaban J connectivity index is 1.15. The minimum Gasteiger partial charge on any atom is -0.456 e. The van der Waals surface area contributed by atoms with Crippen LogP contribution in [0.25, 0.3) is 78.4 Å². The Bertz CT molecular complexity index is 2660. The highest BCUT2D eigenvalue weighted by molar-refractivity contribution is 6.15. The average molecular weight is 632 g/mol. The summed E-state index contributed by atoms with van der Waals surface area (Å²) in [4.78, 5) is 15.2. The predicted molar refractivity (Wildman–Crippen MR) is 199 cm³/mol. The van der Waals surface area contributed by atoms with Gasteiger partial charge < -0.3 is 4.42 Å². The van der Waals surface area contributed by atoms with Crippen LogP contribution in [0, 0.1) is 0 Å². The van der Waals surface area contributed by atoms with Gasteiger partial charge in [-0.05, 0) is 68.8 Å². The lowest BCUT2D eigenvalue weighted by Crippen LogP contribution is -2.15. The van der Waals surface area contributed by atoms with Crippen molar-refractivity contribution in [1.29, 1.82) is 0 Å². The number of fused-ring (bicyclic) bond motifs is 10. The summed E-state index contributed by atoms with van der Waals surface area (Å²) in [5, 5.41) is 2.27. The molecule has 10 rings (SSSR count). The normalized spacial score (nSPS) is 14.9. The molecule has 8 aromatic rings. The fraction of sp³-hybridized carbons (Fsp3) is 0.133. The number of aromatic nitrogens is 3. The van der Waals surface area contributed by atoms with E-state index in [-0.39, 0.29) is 10.8 Å². The van der Waals surface area contributed by atoms with Gasteiger partial charge >= 0.3 is 0 Å². The van der Waals surface area contributed by atoms with Crippen LogP contribution in [-0.4, -0.2) is 15.0 Å². The molecule has 2 aromatic heterocycles. The van der Waals surface area contributed by atoms with Crippen molar-refractivity contribution in [3.8, 4) is 56.4 Å². The van der Waals surface area contributed by atoms with Crippen LogP contribution in [0.4, 0.5) is 0 Å². The number of rotatable bonds is 3. The van der Waals surface area contributed by atoms with Crippen molar-refractivity contribution >= 4 is 21.9 Å². The molecule has 2 aliphatic carbocycles. The highest BCUT2D eigenvalue weighted by Gasteiger charge is 2.38. The Kier molecular flexibility index (Phi) is 5.65. The van der Waals surface area contributed by atoms with Gasteiger partial charge in [0.15, 0.2) is 17.5 Å². The Hall–Kier alpha value is -5.87. The molecule has 0 N–H and O–H groups in total. The van der Waals surface area contributed by atoms with E-state index in [9.17, 15) is 0 Å². The minimum absolute atomic E-state index is 0.0751. The van der Waals surface area contributed by atoms with Gasteiger partial charge in [-0.25, -0.2) is 15.0 Å². The Labute approximate surface area is 285 Å². The smallest absolute Gasteiger partial charge is 0.164 e. The lowest BCUT2D eigenvalue weighted by molar-refractivity contribution is 0.656. The monoisotopic (exact) mass is 631 g/mol. The maximum Gasteiger partial charge on any atom is 0.164 e. The first-order valence-corrected chi connectivity index (χ1v) is 17.0. The number of hydrogen-bond acceptors (Lipinski definition) is 4. The van der Waals surface area contributed by atoms with Gasteiger partial charge in [0.25, 0.3) is 0 Å². The van der Waals surface area contributed by atoms with Crippen LogP contribution in [0.3, 0.4) is 0 Å². The zero-order valence-corrected chi connectivity index (χ0v) is 27.9. The molecule has 2 aliphatic rings. The van der Waals surface area contributed by atoms with Crippen molar-refractivity contribution in [2.24, 2.45) is 0 Å². The number of benzene rings is 6. The van der Waals surface area contributed by atoms with Crippen LogP contribution in [0.1, 0.15) is 49.9 Å². The third-order valence-corrected chi connectivity index (χ3v) is 10.9. The number of furan rings is 1. The van der Waals surface area contributed by atoms with Crippen LogP contribution in [-0.2, 0) is 10.8 Å². The highest BCUT2D eigenvalue weighted by atomic mass is 16.3. The van der Waals surface area contributed by atoms with E-state index in [1.807, 2.05) is 30.3 Å². The number of hydrogen-bond donors (Lipinski definition) is 0. The van der Waals surface area contributed by atoms with Crippen molar-refractivity contribution in [3.63, 3.8) is 0 Å². The first-order chi connectivity index (χ1) is 23.8. The largest absolute Gasteiger partial charge is 0.456 e. The molecule has 4 heteroatoms. The van der Waals surface area contributed by atoms with Gasteiger partial charge in [0, 0.05) is 38.3 Å². The number of nitrogens with zero attached hydrogens (tertiary/aromatic N) is 3. The van der Waals surface area contributed by atoms with Crippen molar-refractivity contribution < 1.29 is 4.42 Å². The molecule has 0 aliphatic heterocycles. The zero-order chi connectivity index (χ0) is 33.1. The molecule has 0 saturated carbocycles. The van der Waals surface area contributed by atoms with E-state index in [0.717, 1.165) is 33.2 Å². The summed E-state index contributed by atoms with van der Waals surface area (Å²) in [5.74, 6) is 1.91. The molecule has 49 heavy (non-hydrogen) atoms. The molecule has 4 nitrogen and oxygen atoms in total. The van der Waals surface area contributed by atoms with E-state index in [1.165, 1.54) is 49.9 Å². The fourth-order valence-electron chi connectivity index (χ4n) is 8.39. The molecule has 234 valence electrons. The van der Waals surface area contributed by atoms with Crippen LogP contribution < -0.4 is 0 Å². The van der Waals surface area contributed by atoms with Crippen LogP contribution >= 0.6 is 0 Å². The van der Waals surface area contributed by atoms with Gasteiger partial charge in [-0.1, -0.05) is 131 Å². The molecule has 0 spiro atoms. The topological polar surface area (TPSA) is 51.8 Å². The summed E-state index contributed by atoms with van der Waals surface area (Å²) in [6, 6.07) is 45.0. The SMILES string of the molecule is CC1(C)c2ccccc2-c2ccc(-c3nc(-c4ccccc4)nc(-c4ccc5c(c4)oc4ccc6c(c45)-c4ccccc4C6(C)C)n3)cc21. The van der Waals surface area contributed by atoms with Crippen molar-refractivity contribution in [1.82, 2.24) is 15.0 Å². The second kappa shape index (κ2) is 9.83. The van der Waals surface area contributed by atoms with E-state index in [0.29, 0.717) is 17.5 Å². The van der Waals surface area contributed by atoms with Gasteiger partial charge in [-0.2, -0.15) is 0 Å². The molecule has 2 heterocycles. The summed E-state index contributed by atoms with van der Waals surface area (Å²) in [6.45, 7) is 9.22. The van der Waals surface area contributed by atoms with E-state index in [4.69, 9.17) is 19.4 Å². The summed E-state index contributed by atoms with van der Waals surface area (Å²) in [6.07, 6.45) is 0. The van der Waals surface area contributed by atoms with Gasteiger partial charge in [-0.15, -0.1) is 0 Å². The van der Waals surface area contributed by atoms with Gasteiger partial charge in [0.05, 0.1) is 0 Å². The predicted octanol–water partition coefficient (Wildman–Crippen LogP) is 11.4. The molecule has 0 bridgehead atoms. The quantitative estimate of drug-likeness (QED) is 0.195. The summed E-state index contributed by atoms with van der Waals surface area (Å²) in [7, 11) is 0. The molecule has 0 amide bonds. The second-order valence-corrected chi connectivity index (χ2v) is 14.4. The standard InChI is InChI=1S/C45H33N3O/c1-44(2)34-17-11-9-15-31(34)39-35(44)22-23-37-40(39)32-21-19-28(25-38(32)49-37)43-47-41(26-12-6-5-7-13-26)46-42(48-43)27-18-20-30-29-14-8-10-16-33(29)45(3,4)36(30)24-27/h5-25H,1-4H3. The molecule has 0 fully saturated rings. The van der Waals surface area contributed by atoms with E-state index < -0.39 is 0 Å². The molecule has 6 aromatic carbocycles.